The van der Waals surface area contributed by atoms with E-state index >= 15 is 0 Å². The molecule has 20 heavy (non-hydrogen) atoms. The van der Waals surface area contributed by atoms with Gasteiger partial charge >= 0.3 is 12.1 Å². The number of ether oxygens (including phenoxy) is 1. The molecule has 0 spiro atoms. The number of rotatable bonds is 3. The van der Waals surface area contributed by atoms with Crippen molar-refractivity contribution in [2.75, 3.05) is 13.2 Å². The highest BCUT2D eigenvalue weighted by Crippen LogP contribution is 2.30. The average Bonchev–Trinajstić information content (AvgIpc) is 2.78. The van der Waals surface area contributed by atoms with Crippen LogP contribution in [-0.2, 0) is 4.79 Å². The maximum atomic E-state index is 12.1. The Balaban J connectivity index is 2.21. The molecule has 2 rings (SSSR count). The van der Waals surface area contributed by atoms with Crippen LogP contribution < -0.4 is 4.74 Å². The van der Waals surface area contributed by atoms with Gasteiger partial charge < -0.3 is 20.1 Å². The summed E-state index contributed by atoms with van der Waals surface area (Å²) in [5.74, 6) is -1.11. The Morgan fingerprint density at radius 1 is 1.35 bits per heavy atom. The van der Waals surface area contributed by atoms with Crippen LogP contribution in [0.2, 0.25) is 0 Å². The molecule has 0 saturated carbocycles. The fraction of sp³-hybridized carbons (Fsp3) is 0.385. The Hall–Kier alpha value is -2.12. The molecule has 0 bridgehead atoms. The highest BCUT2D eigenvalue weighted by molar-refractivity contribution is 5.86. The van der Waals surface area contributed by atoms with Crippen LogP contribution in [0, 0.1) is 0 Å². The van der Waals surface area contributed by atoms with Gasteiger partial charge in [-0.2, -0.15) is 0 Å². The summed E-state index contributed by atoms with van der Waals surface area (Å²) >= 11 is 0. The topological polar surface area (TPSA) is 107 Å². The van der Waals surface area contributed by atoms with Gasteiger partial charge in [-0.25, -0.2) is 9.59 Å². The first-order chi connectivity index (χ1) is 9.49. The number of aliphatic carboxylic acids is 1. The minimum Gasteiger partial charge on any atom is -0.479 e. The molecule has 1 aliphatic heterocycles. The highest BCUT2D eigenvalue weighted by Gasteiger charge is 2.54. The Morgan fingerprint density at radius 2 is 2.00 bits per heavy atom. The second-order valence-corrected chi connectivity index (χ2v) is 4.64. The number of likely N-dealkylation sites (tertiary alicyclic amines) is 1. The standard InChI is InChI=1S/C13H15NO6/c15-8-13(11(17)18)6-9(16)7-14(13)12(19)20-10-4-2-1-3-5-10/h1-5,9,15-16H,6-8H2,(H,17,18)/t9-,13+/m1/s1. The van der Waals surface area contributed by atoms with Crippen molar-refractivity contribution >= 4 is 12.1 Å². The van der Waals surface area contributed by atoms with Crippen LogP contribution >= 0.6 is 0 Å². The van der Waals surface area contributed by atoms with Crippen molar-refractivity contribution in [2.24, 2.45) is 0 Å². The molecule has 1 amide bonds. The first kappa shape index (κ1) is 14.3. The predicted octanol–water partition coefficient (Wildman–Crippen LogP) is 0.0677. The maximum absolute atomic E-state index is 12.1. The first-order valence-electron chi connectivity index (χ1n) is 6.06. The smallest absolute Gasteiger partial charge is 0.416 e. The van der Waals surface area contributed by atoms with Gasteiger partial charge in [-0.05, 0) is 12.1 Å². The summed E-state index contributed by atoms with van der Waals surface area (Å²) < 4.78 is 5.06. The van der Waals surface area contributed by atoms with Crippen LogP contribution in [0.3, 0.4) is 0 Å². The number of aliphatic hydroxyl groups is 2. The summed E-state index contributed by atoms with van der Waals surface area (Å²) in [6.45, 7) is -0.984. The Morgan fingerprint density at radius 3 is 2.55 bits per heavy atom. The quantitative estimate of drug-likeness (QED) is 0.723. The number of benzene rings is 1. The normalized spacial score (nSPS) is 25.5. The molecule has 0 aromatic heterocycles. The molecule has 0 unspecified atom stereocenters. The Bertz CT molecular complexity index is 505. The molecule has 3 N–H and O–H groups in total. The van der Waals surface area contributed by atoms with Gasteiger partial charge in [0.05, 0.1) is 19.3 Å². The van der Waals surface area contributed by atoms with Gasteiger partial charge in [0, 0.05) is 6.42 Å². The third-order valence-electron chi connectivity index (χ3n) is 3.31. The van der Waals surface area contributed by atoms with E-state index in [1.54, 1.807) is 30.3 Å². The molecule has 1 aromatic rings. The van der Waals surface area contributed by atoms with E-state index in [2.05, 4.69) is 0 Å². The van der Waals surface area contributed by atoms with E-state index in [-0.39, 0.29) is 18.7 Å². The number of carbonyl (C=O) groups excluding carboxylic acids is 1. The van der Waals surface area contributed by atoms with Crippen molar-refractivity contribution < 1.29 is 29.6 Å². The number of hydrogen-bond donors (Lipinski definition) is 3. The summed E-state index contributed by atoms with van der Waals surface area (Å²) in [6.07, 6.45) is -2.16. The molecule has 2 atom stereocenters. The van der Waals surface area contributed by atoms with Gasteiger partial charge in [0.25, 0.3) is 0 Å². The Labute approximate surface area is 115 Å². The molecular formula is C13H15NO6. The zero-order chi connectivity index (χ0) is 14.8. The molecule has 7 nitrogen and oxygen atoms in total. The van der Waals surface area contributed by atoms with Gasteiger partial charge in [-0.1, -0.05) is 18.2 Å². The van der Waals surface area contributed by atoms with Gasteiger partial charge in [0.15, 0.2) is 5.54 Å². The van der Waals surface area contributed by atoms with Gasteiger partial charge in [0.2, 0.25) is 0 Å². The van der Waals surface area contributed by atoms with Crippen molar-refractivity contribution in [3.05, 3.63) is 30.3 Å². The summed E-state index contributed by atoms with van der Waals surface area (Å²) in [5.41, 5.74) is -1.84. The molecular weight excluding hydrogens is 266 g/mol. The van der Waals surface area contributed by atoms with Crippen LogP contribution in [0.1, 0.15) is 6.42 Å². The van der Waals surface area contributed by atoms with Crippen LogP contribution in [0.25, 0.3) is 0 Å². The number of para-hydroxylation sites is 1. The number of amides is 1. The molecule has 1 heterocycles. The van der Waals surface area contributed by atoms with E-state index < -0.39 is 30.3 Å². The fourth-order valence-corrected chi connectivity index (χ4v) is 2.26. The first-order valence-corrected chi connectivity index (χ1v) is 6.06. The van der Waals surface area contributed by atoms with Crippen LogP contribution in [0.5, 0.6) is 5.75 Å². The van der Waals surface area contributed by atoms with Crippen molar-refractivity contribution in [1.82, 2.24) is 4.90 Å². The maximum Gasteiger partial charge on any atom is 0.416 e. The van der Waals surface area contributed by atoms with Crippen LogP contribution in [-0.4, -0.2) is 57.1 Å². The molecule has 1 saturated heterocycles. The molecule has 0 radical (unpaired) electrons. The zero-order valence-corrected chi connectivity index (χ0v) is 10.6. The number of β-amino-alcohol motifs (C(OH)–C–C–N with tert-alkyl or cyclic N) is 1. The molecule has 0 aliphatic carbocycles. The summed E-state index contributed by atoms with van der Waals surface area (Å²) in [7, 11) is 0. The van der Waals surface area contributed by atoms with Crippen LogP contribution in [0.4, 0.5) is 4.79 Å². The van der Waals surface area contributed by atoms with Crippen molar-refractivity contribution in [3.8, 4) is 5.75 Å². The second kappa shape index (κ2) is 5.48. The predicted molar refractivity (Wildman–Crippen MR) is 67.2 cm³/mol. The lowest BCUT2D eigenvalue weighted by molar-refractivity contribution is -0.151. The average molecular weight is 281 g/mol. The van der Waals surface area contributed by atoms with E-state index in [4.69, 9.17) is 4.74 Å². The zero-order valence-electron chi connectivity index (χ0n) is 10.6. The molecule has 1 aromatic carbocycles. The lowest BCUT2D eigenvalue weighted by Gasteiger charge is -2.31. The van der Waals surface area contributed by atoms with E-state index in [1.807, 2.05) is 0 Å². The number of carboxylic acids is 1. The van der Waals surface area contributed by atoms with Crippen molar-refractivity contribution in [1.29, 1.82) is 0 Å². The summed E-state index contributed by atoms with van der Waals surface area (Å²) in [6, 6.07) is 8.17. The number of carbonyl (C=O) groups is 2. The van der Waals surface area contributed by atoms with Crippen molar-refractivity contribution in [3.63, 3.8) is 0 Å². The molecule has 7 heteroatoms. The number of nitrogens with zero attached hydrogens (tertiary/aromatic N) is 1. The SMILES string of the molecule is O=C(Oc1ccccc1)N1C[C@H](O)C[C@]1(CO)C(=O)O. The minimum absolute atomic E-state index is 0.196. The largest absolute Gasteiger partial charge is 0.479 e. The third kappa shape index (κ3) is 2.45. The third-order valence-corrected chi connectivity index (χ3v) is 3.31. The van der Waals surface area contributed by atoms with Gasteiger partial charge in [-0.3, -0.25) is 4.90 Å². The molecule has 1 fully saturated rings. The summed E-state index contributed by atoms with van der Waals surface area (Å²) in [5, 5.41) is 28.2. The fourth-order valence-electron chi connectivity index (χ4n) is 2.26. The van der Waals surface area contributed by atoms with Gasteiger partial charge in [-0.15, -0.1) is 0 Å². The monoisotopic (exact) mass is 281 g/mol. The van der Waals surface area contributed by atoms with E-state index in [0.29, 0.717) is 0 Å². The van der Waals surface area contributed by atoms with Gasteiger partial charge in [0.1, 0.15) is 5.75 Å². The Kier molecular flexibility index (Phi) is 3.91. The lowest BCUT2D eigenvalue weighted by Crippen LogP contribution is -2.56. The number of hydrogen-bond acceptors (Lipinski definition) is 5. The second-order valence-electron chi connectivity index (χ2n) is 4.64. The minimum atomic E-state index is -1.84. The van der Waals surface area contributed by atoms with Crippen LogP contribution in [0.15, 0.2) is 30.3 Å². The summed E-state index contributed by atoms with van der Waals surface area (Å²) in [4.78, 5) is 24.3. The van der Waals surface area contributed by atoms with Crippen molar-refractivity contribution in [2.45, 2.75) is 18.1 Å². The van der Waals surface area contributed by atoms with E-state index in [1.165, 1.54) is 0 Å². The molecule has 1 aliphatic rings. The highest BCUT2D eigenvalue weighted by atomic mass is 16.6. The van der Waals surface area contributed by atoms with E-state index in [0.717, 1.165) is 4.90 Å². The van der Waals surface area contributed by atoms with E-state index in [9.17, 15) is 24.9 Å². The lowest BCUT2D eigenvalue weighted by atomic mass is 9.97. The molecule has 108 valence electrons. The number of carboxylic acid groups (broad SMARTS) is 1. The number of aliphatic hydroxyl groups excluding tert-OH is 2.